The van der Waals surface area contributed by atoms with Crippen LogP contribution < -0.4 is 14.2 Å². The molecule has 182 valence electrons. The number of ether oxygens (including phenoxy) is 3. The minimum Gasteiger partial charge on any atom is -0.493 e. The maximum atomic E-state index is 13.5. The maximum absolute atomic E-state index is 13.5. The second kappa shape index (κ2) is 10.0. The van der Waals surface area contributed by atoms with E-state index in [4.69, 9.17) is 14.2 Å². The average Bonchev–Trinajstić information content (AvgIpc) is 2.85. The standard InChI is InChI=1S/C27H28N2O6/c1-17-11-18(2)13-22(12-17)35-16-24-23-15-26(34-4)25(33-3)14-20(23)9-10-28(24)27(30)19-5-7-21(8-6-19)29(31)32/h5-8,11-15,24H,9-10,16H2,1-4H3/t24-/m1/s1. The molecular weight excluding hydrogens is 448 g/mol. The molecule has 0 aliphatic carbocycles. The van der Waals surface area contributed by atoms with Gasteiger partial charge < -0.3 is 19.1 Å². The predicted octanol–water partition coefficient (Wildman–Crippen LogP) is 5.05. The van der Waals surface area contributed by atoms with Gasteiger partial charge in [0.2, 0.25) is 0 Å². The first-order chi connectivity index (χ1) is 16.8. The fourth-order valence-corrected chi connectivity index (χ4v) is 4.53. The van der Waals surface area contributed by atoms with Crippen molar-refractivity contribution in [2.75, 3.05) is 27.4 Å². The van der Waals surface area contributed by atoms with E-state index in [2.05, 4.69) is 6.07 Å². The second-order valence-corrected chi connectivity index (χ2v) is 8.61. The fraction of sp³-hybridized carbons (Fsp3) is 0.296. The molecular formula is C27H28N2O6. The van der Waals surface area contributed by atoms with Gasteiger partial charge in [-0.25, -0.2) is 0 Å². The van der Waals surface area contributed by atoms with E-state index in [0.717, 1.165) is 28.0 Å². The van der Waals surface area contributed by atoms with Crippen molar-refractivity contribution in [1.29, 1.82) is 0 Å². The molecule has 35 heavy (non-hydrogen) atoms. The molecule has 0 aromatic heterocycles. The van der Waals surface area contributed by atoms with Crippen LogP contribution in [-0.4, -0.2) is 43.1 Å². The molecule has 0 N–H and O–H groups in total. The summed E-state index contributed by atoms with van der Waals surface area (Å²) in [6.07, 6.45) is 0.633. The Balaban J connectivity index is 1.70. The summed E-state index contributed by atoms with van der Waals surface area (Å²) in [6.45, 7) is 4.73. The van der Waals surface area contributed by atoms with Crippen LogP contribution in [0.2, 0.25) is 0 Å². The molecule has 1 atom stereocenters. The zero-order valence-corrected chi connectivity index (χ0v) is 20.2. The van der Waals surface area contributed by atoms with E-state index in [9.17, 15) is 14.9 Å². The minimum atomic E-state index is -0.481. The highest BCUT2D eigenvalue weighted by Crippen LogP contribution is 2.39. The van der Waals surface area contributed by atoms with Gasteiger partial charge in [-0.05, 0) is 78.9 Å². The molecule has 0 bridgehead atoms. The van der Waals surface area contributed by atoms with Crippen LogP contribution in [0.5, 0.6) is 17.2 Å². The van der Waals surface area contributed by atoms with Crippen molar-refractivity contribution in [3.63, 3.8) is 0 Å². The number of amides is 1. The van der Waals surface area contributed by atoms with Crippen LogP contribution in [0.1, 0.15) is 38.7 Å². The number of aryl methyl sites for hydroxylation is 2. The summed E-state index contributed by atoms with van der Waals surface area (Å²) in [6, 6.07) is 15.2. The number of fused-ring (bicyclic) bond motifs is 1. The summed E-state index contributed by atoms with van der Waals surface area (Å²) in [4.78, 5) is 25.8. The molecule has 1 aliphatic heterocycles. The third-order valence-corrected chi connectivity index (χ3v) is 6.19. The number of nitro benzene ring substituents is 1. The van der Waals surface area contributed by atoms with Crippen LogP contribution in [0, 0.1) is 24.0 Å². The van der Waals surface area contributed by atoms with E-state index in [1.165, 1.54) is 24.3 Å². The van der Waals surface area contributed by atoms with Crippen molar-refractivity contribution in [2.24, 2.45) is 0 Å². The molecule has 0 unspecified atom stereocenters. The van der Waals surface area contributed by atoms with Crippen molar-refractivity contribution in [1.82, 2.24) is 4.90 Å². The van der Waals surface area contributed by atoms with Crippen LogP contribution in [-0.2, 0) is 6.42 Å². The Hall–Kier alpha value is -4.07. The van der Waals surface area contributed by atoms with E-state index in [-0.39, 0.29) is 24.2 Å². The predicted molar refractivity (Wildman–Crippen MR) is 132 cm³/mol. The number of hydrogen-bond acceptors (Lipinski definition) is 6. The highest BCUT2D eigenvalue weighted by molar-refractivity contribution is 5.95. The molecule has 0 saturated heterocycles. The quantitative estimate of drug-likeness (QED) is 0.350. The van der Waals surface area contributed by atoms with Gasteiger partial charge in [0.05, 0.1) is 25.2 Å². The van der Waals surface area contributed by atoms with Gasteiger partial charge in [0.25, 0.3) is 11.6 Å². The average molecular weight is 477 g/mol. The van der Waals surface area contributed by atoms with Gasteiger partial charge >= 0.3 is 0 Å². The molecule has 3 aromatic carbocycles. The van der Waals surface area contributed by atoms with Gasteiger partial charge in [-0.15, -0.1) is 0 Å². The number of nitrogens with zero attached hydrogens (tertiary/aromatic N) is 2. The number of hydrogen-bond donors (Lipinski definition) is 0. The summed E-state index contributed by atoms with van der Waals surface area (Å²) < 4.78 is 17.2. The summed E-state index contributed by atoms with van der Waals surface area (Å²) >= 11 is 0. The number of non-ortho nitro benzene ring substituents is 1. The van der Waals surface area contributed by atoms with E-state index in [0.29, 0.717) is 30.0 Å². The Bertz CT molecular complexity index is 1240. The largest absolute Gasteiger partial charge is 0.493 e. The number of carbonyl (C=O) groups excluding carboxylic acids is 1. The molecule has 0 spiro atoms. The van der Waals surface area contributed by atoms with Gasteiger partial charge in [-0.3, -0.25) is 14.9 Å². The highest BCUT2D eigenvalue weighted by atomic mass is 16.6. The van der Waals surface area contributed by atoms with Gasteiger partial charge in [-0.1, -0.05) is 6.07 Å². The molecule has 4 rings (SSSR count). The lowest BCUT2D eigenvalue weighted by molar-refractivity contribution is -0.384. The van der Waals surface area contributed by atoms with Crippen LogP contribution >= 0.6 is 0 Å². The zero-order valence-electron chi connectivity index (χ0n) is 20.2. The minimum absolute atomic E-state index is 0.0583. The summed E-state index contributed by atoms with van der Waals surface area (Å²) in [5.41, 5.74) is 4.49. The third kappa shape index (κ3) is 5.06. The Morgan fingerprint density at radius 1 is 1.00 bits per heavy atom. The lowest BCUT2D eigenvalue weighted by Gasteiger charge is -2.37. The van der Waals surface area contributed by atoms with E-state index >= 15 is 0 Å². The van der Waals surface area contributed by atoms with E-state index < -0.39 is 4.92 Å². The van der Waals surface area contributed by atoms with Crippen molar-refractivity contribution in [3.8, 4) is 17.2 Å². The number of carbonyl (C=O) groups is 1. The first-order valence-electron chi connectivity index (χ1n) is 11.3. The molecule has 0 fully saturated rings. The molecule has 3 aromatic rings. The van der Waals surface area contributed by atoms with Crippen molar-refractivity contribution < 1.29 is 23.9 Å². The Labute approximate surface area is 204 Å². The van der Waals surface area contributed by atoms with Gasteiger partial charge in [0.15, 0.2) is 11.5 Å². The third-order valence-electron chi connectivity index (χ3n) is 6.19. The molecule has 1 amide bonds. The topological polar surface area (TPSA) is 91.1 Å². The van der Waals surface area contributed by atoms with Crippen LogP contribution in [0.15, 0.2) is 54.6 Å². The lowest BCUT2D eigenvalue weighted by atomic mass is 9.91. The Morgan fingerprint density at radius 2 is 1.63 bits per heavy atom. The Morgan fingerprint density at radius 3 is 2.23 bits per heavy atom. The van der Waals surface area contributed by atoms with Crippen molar-refractivity contribution in [3.05, 3.63) is 92.5 Å². The fourth-order valence-electron chi connectivity index (χ4n) is 4.53. The normalized spacial score (nSPS) is 14.7. The zero-order chi connectivity index (χ0) is 25.1. The summed E-state index contributed by atoms with van der Waals surface area (Å²) in [7, 11) is 3.17. The Kier molecular flexibility index (Phi) is 6.91. The van der Waals surface area contributed by atoms with Crippen LogP contribution in [0.3, 0.4) is 0 Å². The summed E-state index contributed by atoms with van der Waals surface area (Å²) in [5.74, 6) is 1.73. The smallest absolute Gasteiger partial charge is 0.269 e. The molecule has 0 radical (unpaired) electrons. The number of benzene rings is 3. The SMILES string of the molecule is COc1cc2c(cc1OC)[C@@H](COc1cc(C)cc(C)c1)N(C(=O)c1ccc([N+](=O)[O-])cc1)CC2. The number of rotatable bonds is 7. The second-order valence-electron chi connectivity index (χ2n) is 8.61. The first kappa shape index (κ1) is 24.1. The molecule has 1 aliphatic rings. The van der Waals surface area contributed by atoms with Crippen molar-refractivity contribution >= 4 is 11.6 Å². The lowest BCUT2D eigenvalue weighted by Crippen LogP contribution is -2.42. The van der Waals surface area contributed by atoms with E-state index in [1.54, 1.807) is 19.1 Å². The maximum Gasteiger partial charge on any atom is 0.269 e. The highest BCUT2D eigenvalue weighted by Gasteiger charge is 2.33. The van der Waals surface area contributed by atoms with Crippen LogP contribution in [0.25, 0.3) is 0 Å². The van der Waals surface area contributed by atoms with Gasteiger partial charge in [0, 0.05) is 24.2 Å². The molecule has 0 saturated carbocycles. The first-order valence-corrected chi connectivity index (χ1v) is 11.3. The molecule has 8 nitrogen and oxygen atoms in total. The summed E-state index contributed by atoms with van der Waals surface area (Å²) in [5, 5.41) is 11.0. The van der Waals surface area contributed by atoms with Gasteiger partial charge in [-0.2, -0.15) is 0 Å². The monoisotopic (exact) mass is 476 g/mol. The van der Waals surface area contributed by atoms with Gasteiger partial charge in [0.1, 0.15) is 12.4 Å². The number of methoxy groups -OCH3 is 2. The number of nitro groups is 1. The van der Waals surface area contributed by atoms with Crippen molar-refractivity contribution in [2.45, 2.75) is 26.3 Å². The molecule has 8 heteroatoms. The van der Waals surface area contributed by atoms with Crippen LogP contribution in [0.4, 0.5) is 5.69 Å². The molecule has 1 heterocycles. The van der Waals surface area contributed by atoms with E-state index in [1.807, 2.05) is 38.1 Å².